The van der Waals surface area contributed by atoms with E-state index in [2.05, 4.69) is 9.97 Å². The van der Waals surface area contributed by atoms with E-state index < -0.39 is 0 Å². The summed E-state index contributed by atoms with van der Waals surface area (Å²) in [5, 5.41) is 7.87. The highest BCUT2D eigenvalue weighted by atomic mass is 14.9. The van der Waals surface area contributed by atoms with Gasteiger partial charge in [-0.3, -0.25) is 0 Å². The van der Waals surface area contributed by atoms with Crippen molar-refractivity contribution in [3.8, 4) is 0 Å². The molecule has 0 aliphatic rings. The molecule has 4 nitrogen and oxygen atoms in total. The van der Waals surface area contributed by atoms with Crippen LogP contribution < -0.4 is 5.73 Å². The van der Waals surface area contributed by atoms with E-state index in [1.807, 2.05) is 27.7 Å². The van der Waals surface area contributed by atoms with Crippen molar-refractivity contribution in [2.45, 2.75) is 27.7 Å². The lowest BCUT2D eigenvalue weighted by Crippen LogP contribution is -2.18. The number of nitrogens with zero attached hydrogens (tertiary/aromatic N) is 2. The Bertz CT molecular complexity index is 427. The first-order valence-corrected chi connectivity index (χ1v) is 5.17. The molecule has 0 fully saturated rings. The van der Waals surface area contributed by atoms with Crippen molar-refractivity contribution in [1.29, 1.82) is 5.41 Å². The number of hydrogen-bond donors (Lipinski definition) is 2. The maximum absolute atomic E-state index is 7.87. The van der Waals surface area contributed by atoms with Crippen molar-refractivity contribution in [3.05, 3.63) is 29.9 Å². The summed E-state index contributed by atoms with van der Waals surface area (Å²) in [6.07, 6.45) is 3.32. The molecule has 1 heterocycles. The Morgan fingerprint density at radius 2 is 2.06 bits per heavy atom. The van der Waals surface area contributed by atoms with Gasteiger partial charge < -0.3 is 11.1 Å². The molecular formula is C12H18N4. The number of rotatable bonds is 2. The Morgan fingerprint density at radius 1 is 1.44 bits per heavy atom. The van der Waals surface area contributed by atoms with E-state index in [1.54, 1.807) is 18.3 Å². The highest BCUT2D eigenvalue weighted by Gasteiger charge is 2.15. The largest absolute Gasteiger partial charge is 0.397 e. The van der Waals surface area contributed by atoms with Crippen LogP contribution >= 0.6 is 0 Å². The van der Waals surface area contributed by atoms with Gasteiger partial charge in [-0.15, -0.1) is 0 Å². The van der Waals surface area contributed by atoms with Gasteiger partial charge in [-0.25, -0.2) is 9.97 Å². The Kier molecular flexibility index (Phi) is 3.42. The lowest BCUT2D eigenvalue weighted by atomic mass is 9.89. The zero-order valence-electron chi connectivity index (χ0n) is 10.2. The Labute approximate surface area is 96.1 Å². The molecule has 1 rings (SSSR count). The van der Waals surface area contributed by atoms with Crippen LogP contribution in [0.25, 0.3) is 5.70 Å². The monoisotopic (exact) mass is 218 g/mol. The fourth-order valence-corrected chi connectivity index (χ4v) is 1.06. The van der Waals surface area contributed by atoms with Crippen LogP contribution in [0, 0.1) is 17.7 Å². The van der Waals surface area contributed by atoms with E-state index in [-0.39, 0.29) is 5.41 Å². The molecule has 0 atom stereocenters. The second kappa shape index (κ2) is 4.43. The fourth-order valence-electron chi connectivity index (χ4n) is 1.06. The van der Waals surface area contributed by atoms with E-state index in [1.165, 1.54) is 0 Å². The summed E-state index contributed by atoms with van der Waals surface area (Å²) in [4.78, 5) is 8.21. The predicted molar refractivity (Wildman–Crippen MR) is 66.1 cm³/mol. The first-order chi connectivity index (χ1) is 7.30. The average Bonchev–Trinajstić information content (AvgIpc) is 2.16. The third-order valence-corrected chi connectivity index (χ3v) is 2.18. The third-order valence-electron chi connectivity index (χ3n) is 2.18. The molecule has 0 saturated carbocycles. The normalized spacial score (nSPS) is 12.6. The Hall–Kier alpha value is -1.71. The van der Waals surface area contributed by atoms with Gasteiger partial charge in [-0.2, -0.15) is 0 Å². The van der Waals surface area contributed by atoms with E-state index >= 15 is 0 Å². The minimum absolute atomic E-state index is 0.202. The molecule has 0 amide bonds. The van der Waals surface area contributed by atoms with Crippen LogP contribution in [-0.4, -0.2) is 15.7 Å². The summed E-state index contributed by atoms with van der Waals surface area (Å²) in [6, 6.07) is 1.74. The number of aromatic nitrogens is 2. The molecule has 1 aromatic rings. The SMILES string of the molecule is Cc1nccc(/C(N)=C/C(=N)C(C)(C)C)n1. The number of allylic oxidation sites excluding steroid dienone is 1. The van der Waals surface area contributed by atoms with E-state index in [0.717, 1.165) is 0 Å². The van der Waals surface area contributed by atoms with Gasteiger partial charge in [0.1, 0.15) is 5.82 Å². The lowest BCUT2D eigenvalue weighted by molar-refractivity contribution is 0.591. The molecule has 0 aliphatic heterocycles. The second-order valence-corrected chi connectivity index (χ2v) is 4.75. The zero-order chi connectivity index (χ0) is 12.3. The van der Waals surface area contributed by atoms with Crippen molar-refractivity contribution < 1.29 is 0 Å². The smallest absolute Gasteiger partial charge is 0.125 e. The van der Waals surface area contributed by atoms with Crippen molar-refractivity contribution >= 4 is 11.4 Å². The topological polar surface area (TPSA) is 75.7 Å². The molecule has 0 unspecified atom stereocenters. The standard InChI is InChI=1S/C12H18N4/c1-8-15-6-5-10(16-8)9(13)7-11(14)12(2,3)4/h5-7,14H,13H2,1-4H3/b9-7-,14-11?. The minimum Gasteiger partial charge on any atom is -0.397 e. The van der Waals surface area contributed by atoms with Crippen molar-refractivity contribution in [1.82, 2.24) is 9.97 Å². The second-order valence-electron chi connectivity index (χ2n) is 4.75. The number of nitrogens with two attached hydrogens (primary N) is 1. The average molecular weight is 218 g/mol. The number of hydrogen-bond acceptors (Lipinski definition) is 4. The zero-order valence-corrected chi connectivity index (χ0v) is 10.2. The first-order valence-electron chi connectivity index (χ1n) is 5.17. The quantitative estimate of drug-likeness (QED) is 0.747. The van der Waals surface area contributed by atoms with Gasteiger partial charge in [0.15, 0.2) is 0 Å². The maximum atomic E-state index is 7.87. The van der Waals surface area contributed by atoms with Gasteiger partial charge >= 0.3 is 0 Å². The van der Waals surface area contributed by atoms with E-state index in [4.69, 9.17) is 11.1 Å². The first kappa shape index (κ1) is 12.4. The van der Waals surface area contributed by atoms with Gasteiger partial charge in [0.05, 0.1) is 11.4 Å². The predicted octanol–water partition coefficient (Wildman–Crippen LogP) is 2.15. The molecule has 0 radical (unpaired) electrons. The molecule has 86 valence electrons. The van der Waals surface area contributed by atoms with Crippen molar-refractivity contribution in [3.63, 3.8) is 0 Å². The van der Waals surface area contributed by atoms with Gasteiger partial charge in [-0.05, 0) is 19.1 Å². The Balaban J connectivity index is 2.99. The van der Waals surface area contributed by atoms with Crippen LogP contribution in [0.1, 0.15) is 32.3 Å². The van der Waals surface area contributed by atoms with Gasteiger partial charge in [0, 0.05) is 17.3 Å². The van der Waals surface area contributed by atoms with Crippen LogP contribution in [0.5, 0.6) is 0 Å². The molecule has 0 aromatic carbocycles. The van der Waals surface area contributed by atoms with Gasteiger partial charge in [0.2, 0.25) is 0 Å². The summed E-state index contributed by atoms with van der Waals surface area (Å²) in [6.45, 7) is 7.74. The van der Waals surface area contributed by atoms with Gasteiger partial charge in [-0.1, -0.05) is 20.8 Å². The molecule has 16 heavy (non-hydrogen) atoms. The minimum atomic E-state index is -0.202. The van der Waals surface area contributed by atoms with Gasteiger partial charge in [0.25, 0.3) is 0 Å². The molecule has 3 N–H and O–H groups in total. The fraction of sp³-hybridized carbons (Fsp3) is 0.417. The lowest BCUT2D eigenvalue weighted by Gasteiger charge is -2.17. The summed E-state index contributed by atoms with van der Waals surface area (Å²) in [5.74, 6) is 0.677. The molecule has 0 aliphatic carbocycles. The van der Waals surface area contributed by atoms with Crippen LogP contribution in [0.4, 0.5) is 0 Å². The molecular weight excluding hydrogens is 200 g/mol. The van der Waals surface area contributed by atoms with Crippen LogP contribution in [0.15, 0.2) is 18.3 Å². The maximum Gasteiger partial charge on any atom is 0.125 e. The van der Waals surface area contributed by atoms with Crippen molar-refractivity contribution in [2.75, 3.05) is 0 Å². The van der Waals surface area contributed by atoms with E-state index in [0.29, 0.717) is 22.9 Å². The highest BCUT2D eigenvalue weighted by molar-refractivity contribution is 6.01. The summed E-state index contributed by atoms with van der Waals surface area (Å²) >= 11 is 0. The summed E-state index contributed by atoms with van der Waals surface area (Å²) < 4.78 is 0. The summed E-state index contributed by atoms with van der Waals surface area (Å²) in [7, 11) is 0. The molecule has 0 spiro atoms. The third kappa shape index (κ3) is 3.15. The molecule has 1 aromatic heterocycles. The molecule has 0 bridgehead atoms. The van der Waals surface area contributed by atoms with Crippen LogP contribution in [0.3, 0.4) is 0 Å². The Morgan fingerprint density at radius 3 is 2.56 bits per heavy atom. The summed E-state index contributed by atoms with van der Waals surface area (Å²) in [5.41, 5.74) is 7.35. The molecule has 4 heteroatoms. The van der Waals surface area contributed by atoms with Crippen molar-refractivity contribution in [2.24, 2.45) is 11.1 Å². The van der Waals surface area contributed by atoms with Crippen LogP contribution in [0.2, 0.25) is 0 Å². The molecule has 0 saturated heterocycles. The highest BCUT2D eigenvalue weighted by Crippen LogP contribution is 2.17. The van der Waals surface area contributed by atoms with Crippen LogP contribution in [-0.2, 0) is 0 Å². The number of nitrogens with one attached hydrogen (secondary N) is 1. The van der Waals surface area contributed by atoms with E-state index in [9.17, 15) is 0 Å². The number of aryl methyl sites for hydroxylation is 1.